The molecule has 0 unspecified atom stereocenters. The van der Waals surface area contributed by atoms with Crippen LogP contribution in [0.25, 0.3) is 5.65 Å². The minimum atomic E-state index is 0.535. The molecule has 0 spiro atoms. The minimum absolute atomic E-state index is 0.535. The van der Waals surface area contributed by atoms with Gasteiger partial charge in [0, 0.05) is 17.6 Å². The lowest BCUT2D eigenvalue weighted by Crippen LogP contribution is -1.92. The molecule has 0 aliphatic heterocycles. The highest BCUT2D eigenvalue weighted by Crippen LogP contribution is 2.14. The Labute approximate surface area is 114 Å². The Morgan fingerprint density at radius 2 is 2.16 bits per heavy atom. The van der Waals surface area contributed by atoms with E-state index in [0.717, 1.165) is 11.8 Å². The van der Waals surface area contributed by atoms with Crippen LogP contribution in [0, 0.1) is 0 Å². The van der Waals surface area contributed by atoms with Crippen LogP contribution in [0.2, 0.25) is 5.02 Å². The van der Waals surface area contributed by atoms with Crippen molar-refractivity contribution >= 4 is 23.5 Å². The number of rotatable bonds is 3. The number of carbonyl (C=O) groups is 1. The lowest BCUT2D eigenvalue weighted by Gasteiger charge is -1.97. The molecular formula is C14H10ClN3O. The van der Waals surface area contributed by atoms with E-state index in [2.05, 4.69) is 10.1 Å². The van der Waals surface area contributed by atoms with Gasteiger partial charge in [0.25, 0.3) is 0 Å². The summed E-state index contributed by atoms with van der Waals surface area (Å²) in [4.78, 5) is 15.3. The molecule has 0 fully saturated rings. The topological polar surface area (TPSA) is 47.3 Å². The van der Waals surface area contributed by atoms with Crippen molar-refractivity contribution in [2.45, 2.75) is 6.42 Å². The van der Waals surface area contributed by atoms with Crippen molar-refractivity contribution in [3.8, 4) is 0 Å². The number of pyridine rings is 1. The first kappa shape index (κ1) is 11.9. The van der Waals surface area contributed by atoms with E-state index in [0.29, 0.717) is 28.5 Å². The summed E-state index contributed by atoms with van der Waals surface area (Å²) in [5.74, 6) is 0.663. The zero-order valence-electron chi connectivity index (χ0n) is 9.95. The highest BCUT2D eigenvalue weighted by molar-refractivity contribution is 6.30. The number of nitrogens with zero attached hydrogens (tertiary/aromatic N) is 3. The Balaban J connectivity index is 2.00. The summed E-state index contributed by atoms with van der Waals surface area (Å²) in [6.07, 6.45) is 3.14. The van der Waals surface area contributed by atoms with Gasteiger partial charge in [0.1, 0.15) is 0 Å². The highest BCUT2D eigenvalue weighted by atomic mass is 35.5. The highest BCUT2D eigenvalue weighted by Gasteiger charge is 2.08. The van der Waals surface area contributed by atoms with E-state index in [-0.39, 0.29) is 0 Å². The third kappa shape index (κ3) is 2.35. The number of carbonyl (C=O) groups excluding carboxylic acids is 1. The van der Waals surface area contributed by atoms with Gasteiger partial charge in [0.15, 0.2) is 17.8 Å². The minimum Gasteiger partial charge on any atom is -0.298 e. The third-order valence-corrected chi connectivity index (χ3v) is 3.05. The van der Waals surface area contributed by atoms with Crippen LogP contribution < -0.4 is 0 Å². The number of halogens is 1. The quantitative estimate of drug-likeness (QED) is 0.688. The summed E-state index contributed by atoms with van der Waals surface area (Å²) in [7, 11) is 0. The van der Waals surface area contributed by atoms with Gasteiger partial charge in [-0.3, -0.25) is 4.79 Å². The van der Waals surface area contributed by atoms with Crippen molar-refractivity contribution in [3.63, 3.8) is 0 Å². The second kappa shape index (κ2) is 4.82. The van der Waals surface area contributed by atoms with Crippen LogP contribution in [-0.2, 0) is 6.42 Å². The average Bonchev–Trinajstić information content (AvgIpc) is 2.80. The second-order valence-electron chi connectivity index (χ2n) is 4.18. The van der Waals surface area contributed by atoms with Crippen LogP contribution in [0.5, 0.6) is 0 Å². The van der Waals surface area contributed by atoms with E-state index in [9.17, 15) is 4.79 Å². The molecule has 0 bridgehead atoms. The Morgan fingerprint density at radius 1 is 1.26 bits per heavy atom. The Kier molecular flexibility index (Phi) is 3.01. The maximum absolute atomic E-state index is 10.9. The van der Waals surface area contributed by atoms with Gasteiger partial charge in [-0.1, -0.05) is 23.7 Å². The van der Waals surface area contributed by atoms with Crippen molar-refractivity contribution in [3.05, 3.63) is 64.6 Å². The summed E-state index contributed by atoms with van der Waals surface area (Å²) in [6.45, 7) is 0. The van der Waals surface area contributed by atoms with Gasteiger partial charge in [-0.2, -0.15) is 5.10 Å². The fourth-order valence-corrected chi connectivity index (χ4v) is 2.18. The molecule has 0 radical (unpaired) electrons. The lowest BCUT2D eigenvalue weighted by atomic mass is 10.1. The van der Waals surface area contributed by atoms with Crippen molar-refractivity contribution in [2.75, 3.05) is 0 Å². The number of hydrogen-bond acceptors (Lipinski definition) is 3. The SMILES string of the molecule is O=Cc1cccn2nc(Cc3cccc(Cl)c3)nc12. The molecule has 1 aromatic carbocycles. The number of hydrogen-bond donors (Lipinski definition) is 0. The molecule has 94 valence electrons. The van der Waals surface area contributed by atoms with E-state index < -0.39 is 0 Å². The van der Waals surface area contributed by atoms with Crippen molar-refractivity contribution in [1.82, 2.24) is 14.6 Å². The van der Waals surface area contributed by atoms with Gasteiger partial charge in [0.2, 0.25) is 0 Å². The molecule has 3 rings (SSSR count). The number of benzene rings is 1. The largest absolute Gasteiger partial charge is 0.298 e. The summed E-state index contributed by atoms with van der Waals surface area (Å²) in [5.41, 5.74) is 2.15. The number of aromatic nitrogens is 3. The Hall–Kier alpha value is -2.20. The normalized spacial score (nSPS) is 10.8. The average molecular weight is 272 g/mol. The van der Waals surface area contributed by atoms with E-state index in [1.54, 1.807) is 22.8 Å². The molecule has 4 nitrogen and oxygen atoms in total. The Morgan fingerprint density at radius 3 is 2.95 bits per heavy atom. The van der Waals surface area contributed by atoms with E-state index in [4.69, 9.17) is 11.6 Å². The Bertz CT molecular complexity index is 751. The van der Waals surface area contributed by atoms with Crippen LogP contribution >= 0.6 is 11.6 Å². The fourth-order valence-electron chi connectivity index (χ4n) is 1.97. The van der Waals surface area contributed by atoms with Gasteiger partial charge in [-0.25, -0.2) is 9.50 Å². The monoisotopic (exact) mass is 271 g/mol. The molecule has 0 aliphatic rings. The molecule has 3 aromatic rings. The van der Waals surface area contributed by atoms with E-state index in [1.807, 2.05) is 24.3 Å². The number of fused-ring (bicyclic) bond motifs is 1. The maximum atomic E-state index is 10.9. The summed E-state index contributed by atoms with van der Waals surface area (Å²) < 4.78 is 1.61. The van der Waals surface area contributed by atoms with Crippen LogP contribution in [0.1, 0.15) is 21.7 Å². The maximum Gasteiger partial charge on any atom is 0.166 e. The van der Waals surface area contributed by atoms with Gasteiger partial charge in [0.05, 0.1) is 5.56 Å². The molecule has 0 N–H and O–H groups in total. The predicted octanol–water partition coefficient (Wildman–Crippen LogP) is 2.79. The first-order valence-corrected chi connectivity index (χ1v) is 6.18. The van der Waals surface area contributed by atoms with Crippen LogP contribution in [0.15, 0.2) is 42.6 Å². The van der Waals surface area contributed by atoms with Gasteiger partial charge < -0.3 is 0 Å². The van der Waals surface area contributed by atoms with Gasteiger partial charge >= 0.3 is 0 Å². The zero-order chi connectivity index (χ0) is 13.2. The third-order valence-electron chi connectivity index (χ3n) is 2.81. The molecule has 19 heavy (non-hydrogen) atoms. The molecular weight excluding hydrogens is 262 g/mol. The smallest absolute Gasteiger partial charge is 0.166 e. The van der Waals surface area contributed by atoms with E-state index in [1.165, 1.54) is 0 Å². The lowest BCUT2D eigenvalue weighted by molar-refractivity contribution is 0.112. The summed E-state index contributed by atoms with van der Waals surface area (Å²) in [5, 5.41) is 5.04. The van der Waals surface area contributed by atoms with Crippen LogP contribution in [-0.4, -0.2) is 20.9 Å². The van der Waals surface area contributed by atoms with Crippen LogP contribution in [0.4, 0.5) is 0 Å². The molecule has 0 aliphatic carbocycles. The standard InChI is InChI=1S/C14H10ClN3O/c15-12-5-1-3-10(7-12)8-13-16-14-11(9-19)4-2-6-18(14)17-13/h1-7,9H,8H2. The molecule has 0 saturated carbocycles. The second-order valence-corrected chi connectivity index (χ2v) is 4.62. The first-order chi connectivity index (χ1) is 9.26. The molecule has 2 heterocycles. The van der Waals surface area contributed by atoms with Gasteiger partial charge in [-0.05, 0) is 29.8 Å². The fraction of sp³-hybridized carbons (Fsp3) is 0.0714. The van der Waals surface area contributed by atoms with Crippen molar-refractivity contribution in [1.29, 1.82) is 0 Å². The number of aldehydes is 1. The summed E-state index contributed by atoms with van der Waals surface area (Å²) in [6, 6.07) is 11.1. The predicted molar refractivity (Wildman–Crippen MR) is 72.6 cm³/mol. The molecule has 0 amide bonds. The van der Waals surface area contributed by atoms with Gasteiger partial charge in [-0.15, -0.1) is 0 Å². The van der Waals surface area contributed by atoms with E-state index >= 15 is 0 Å². The van der Waals surface area contributed by atoms with Crippen LogP contribution in [0.3, 0.4) is 0 Å². The summed E-state index contributed by atoms with van der Waals surface area (Å²) >= 11 is 5.95. The first-order valence-electron chi connectivity index (χ1n) is 5.80. The molecule has 2 aromatic heterocycles. The molecule has 5 heteroatoms. The molecule has 0 saturated heterocycles. The van der Waals surface area contributed by atoms with Crippen molar-refractivity contribution < 1.29 is 4.79 Å². The molecule has 0 atom stereocenters. The zero-order valence-corrected chi connectivity index (χ0v) is 10.7. The van der Waals surface area contributed by atoms with Crippen molar-refractivity contribution in [2.24, 2.45) is 0 Å².